The molecule has 6 nitrogen and oxygen atoms in total. The van der Waals surface area contributed by atoms with Gasteiger partial charge in [-0.1, -0.05) is 327 Å². The summed E-state index contributed by atoms with van der Waals surface area (Å²) in [4.78, 5) is 26.9. The minimum atomic E-state index is -0.649. The minimum absolute atomic E-state index is 0.489. The molecular formula is C106H64N6S2. The van der Waals surface area contributed by atoms with E-state index in [0.29, 0.717) is 11.6 Å². The standard InChI is InChI=1S/C106H64N6S2/c1-2-23-68(24-3-1)103-108-92(67-51-57-73(58-52-67)112-97-41-18-9-30-79(97)80-31-10-19-42-98(80)112)64-94(110-103)81-32-22-38-90-102(81)114-100-44-21-15-37-88(100)106(90)85-35-13-6-27-76(85)82-61-70(53-59-86(82)106)65-45-47-69(48-46-65)104-107-91(66-49-55-72(56-50-66)111-95-39-16-7-28-77(95)78-29-8-17-40-96(78)111)63-93(109-104)71-54-60-89-101(62-71)113-99-43-20-14-36-87(99)105(89)83-33-11-4-25-74(83)75-26-5-12-34-84(75)105/h1-64H. The average Bonchev–Trinajstić information content (AvgIpc) is 1.51. The molecule has 20 aromatic rings. The van der Waals surface area contributed by atoms with E-state index in [4.69, 9.17) is 19.9 Å². The first-order chi connectivity index (χ1) is 56.5. The lowest BCUT2D eigenvalue weighted by atomic mass is 9.67. The second-order valence-corrected chi connectivity index (χ2v) is 32.3. The van der Waals surface area contributed by atoms with Crippen LogP contribution in [0.2, 0.25) is 0 Å². The molecule has 0 amide bonds. The molecule has 0 saturated heterocycles. The fraction of sp³-hybridized carbons (Fsp3) is 0.0189. The summed E-state index contributed by atoms with van der Waals surface area (Å²) in [5, 5.41) is 4.94. The maximum absolute atomic E-state index is 5.59. The molecule has 0 saturated carbocycles. The third kappa shape index (κ3) is 9.53. The van der Waals surface area contributed by atoms with Crippen LogP contribution in [0.1, 0.15) is 44.5 Å². The third-order valence-corrected chi connectivity index (χ3v) is 26.7. The number of aromatic nitrogens is 6. The molecule has 0 N–H and O–H groups in total. The Labute approximate surface area is 667 Å². The Balaban J connectivity index is 0.616. The molecule has 2 aliphatic carbocycles. The van der Waals surface area contributed by atoms with Crippen molar-refractivity contribution in [2.75, 3.05) is 0 Å². The Kier molecular flexibility index (Phi) is 14.3. The van der Waals surface area contributed by atoms with E-state index in [-0.39, 0.29) is 0 Å². The van der Waals surface area contributed by atoms with E-state index in [1.807, 2.05) is 23.5 Å². The van der Waals surface area contributed by atoms with E-state index in [9.17, 15) is 0 Å². The highest BCUT2D eigenvalue weighted by atomic mass is 32.2. The molecule has 6 heterocycles. The number of hydrogen-bond acceptors (Lipinski definition) is 6. The summed E-state index contributed by atoms with van der Waals surface area (Å²) in [6.45, 7) is 0. The Morgan fingerprint density at radius 2 is 0.553 bits per heavy atom. The fourth-order valence-corrected chi connectivity index (χ4v) is 22.0. The predicted molar refractivity (Wildman–Crippen MR) is 467 cm³/mol. The molecule has 16 aromatic carbocycles. The van der Waals surface area contributed by atoms with E-state index in [1.54, 1.807) is 0 Å². The molecule has 4 aromatic heterocycles. The van der Waals surface area contributed by atoms with Gasteiger partial charge in [0.15, 0.2) is 11.6 Å². The third-order valence-electron chi connectivity index (χ3n) is 24.4. The Morgan fingerprint density at radius 3 is 1.10 bits per heavy atom. The molecule has 0 radical (unpaired) electrons. The molecule has 530 valence electrons. The van der Waals surface area contributed by atoms with Gasteiger partial charge in [0.25, 0.3) is 0 Å². The van der Waals surface area contributed by atoms with E-state index < -0.39 is 10.8 Å². The molecule has 2 spiro atoms. The van der Waals surface area contributed by atoms with E-state index in [0.717, 1.165) is 78.7 Å². The van der Waals surface area contributed by atoms with Gasteiger partial charge in [-0.15, -0.1) is 0 Å². The van der Waals surface area contributed by atoms with Gasteiger partial charge < -0.3 is 9.13 Å². The lowest BCUT2D eigenvalue weighted by Crippen LogP contribution is -2.32. The predicted octanol–water partition coefficient (Wildman–Crippen LogP) is 26.8. The van der Waals surface area contributed by atoms with Gasteiger partial charge in [0.05, 0.1) is 55.7 Å². The van der Waals surface area contributed by atoms with Crippen LogP contribution < -0.4 is 0 Å². The lowest BCUT2D eigenvalue weighted by molar-refractivity contribution is 0.722. The summed E-state index contributed by atoms with van der Waals surface area (Å²) >= 11 is 3.70. The number of rotatable bonds is 9. The van der Waals surface area contributed by atoms with Crippen molar-refractivity contribution >= 4 is 67.1 Å². The molecule has 114 heavy (non-hydrogen) atoms. The van der Waals surface area contributed by atoms with E-state index in [1.165, 1.54) is 130 Å². The second-order valence-electron chi connectivity index (χ2n) is 30.2. The maximum Gasteiger partial charge on any atom is 0.160 e. The van der Waals surface area contributed by atoms with Crippen LogP contribution in [-0.4, -0.2) is 29.1 Å². The van der Waals surface area contributed by atoms with Crippen molar-refractivity contribution in [3.63, 3.8) is 0 Å². The largest absolute Gasteiger partial charge is 0.309 e. The van der Waals surface area contributed by atoms with Gasteiger partial charge in [-0.2, -0.15) is 0 Å². The summed E-state index contributed by atoms with van der Waals surface area (Å²) in [5.41, 5.74) is 32.7. The topological polar surface area (TPSA) is 61.4 Å². The van der Waals surface area contributed by atoms with Gasteiger partial charge >= 0.3 is 0 Å². The van der Waals surface area contributed by atoms with Crippen molar-refractivity contribution in [2.45, 2.75) is 30.4 Å². The molecular weight excluding hydrogens is 1420 g/mol. The summed E-state index contributed by atoms with van der Waals surface area (Å²) < 4.78 is 4.74. The van der Waals surface area contributed by atoms with Crippen LogP contribution >= 0.6 is 23.5 Å². The highest BCUT2D eigenvalue weighted by Gasteiger charge is 2.52. The van der Waals surface area contributed by atoms with Crippen LogP contribution in [-0.2, 0) is 10.8 Å². The summed E-state index contributed by atoms with van der Waals surface area (Å²) in [6, 6.07) is 143. The quantitative estimate of drug-likeness (QED) is 0.144. The Bertz CT molecular complexity index is 7270. The summed E-state index contributed by atoms with van der Waals surface area (Å²) in [7, 11) is 0. The minimum Gasteiger partial charge on any atom is -0.309 e. The van der Waals surface area contributed by atoms with Crippen LogP contribution in [0.3, 0.4) is 0 Å². The van der Waals surface area contributed by atoms with Crippen LogP contribution in [0.15, 0.2) is 408 Å². The monoisotopic (exact) mass is 1480 g/mol. The Hall–Kier alpha value is -14.0. The average molecular weight is 1490 g/mol. The number of para-hydroxylation sites is 4. The van der Waals surface area contributed by atoms with Gasteiger partial charge in [0.2, 0.25) is 0 Å². The highest BCUT2D eigenvalue weighted by molar-refractivity contribution is 8.00. The first-order valence-corrected chi connectivity index (χ1v) is 40.5. The van der Waals surface area contributed by atoms with Crippen molar-refractivity contribution in [1.82, 2.24) is 29.1 Å². The van der Waals surface area contributed by atoms with Crippen LogP contribution in [0.4, 0.5) is 0 Å². The summed E-state index contributed by atoms with van der Waals surface area (Å²) in [6.07, 6.45) is 0. The van der Waals surface area contributed by atoms with E-state index >= 15 is 0 Å². The van der Waals surface area contributed by atoms with Gasteiger partial charge in [0.1, 0.15) is 0 Å². The van der Waals surface area contributed by atoms with Crippen molar-refractivity contribution < 1.29 is 0 Å². The molecule has 1 unspecified atom stereocenters. The number of hydrogen-bond donors (Lipinski definition) is 0. The number of fused-ring (bicyclic) bond motifs is 24. The number of nitrogens with zero attached hydrogens (tertiary/aromatic N) is 6. The van der Waals surface area contributed by atoms with Crippen molar-refractivity contribution in [2.24, 2.45) is 0 Å². The summed E-state index contributed by atoms with van der Waals surface area (Å²) in [5.74, 6) is 1.33. The molecule has 24 rings (SSSR count). The molecule has 0 bridgehead atoms. The van der Waals surface area contributed by atoms with Crippen LogP contribution in [0, 0.1) is 0 Å². The van der Waals surface area contributed by atoms with Crippen molar-refractivity contribution in [3.05, 3.63) is 433 Å². The van der Waals surface area contributed by atoms with Gasteiger partial charge in [0, 0.05) is 85.9 Å². The molecule has 2 aliphatic heterocycles. The van der Waals surface area contributed by atoms with Gasteiger partial charge in [-0.05, 0) is 163 Å². The van der Waals surface area contributed by atoms with Crippen molar-refractivity contribution in [1.29, 1.82) is 0 Å². The SMILES string of the molecule is c1ccc(-c2nc(-c3ccc(-n4c5ccccc5c5ccccc54)cc3)cc(-c3cccc4c3Sc3ccccc3C43c4ccccc4-c4cc(-c5ccc(-c6nc(-c7ccc(-n8c9ccccc9c9ccccc98)cc7)cc(-c7ccc8c(c7)Sc7ccccc7C87c8ccccc8-c8ccccc87)n6)cc5)ccc43)n2)cc1. The highest BCUT2D eigenvalue weighted by Crippen LogP contribution is 2.65. The zero-order valence-electron chi connectivity index (χ0n) is 61.5. The first-order valence-electron chi connectivity index (χ1n) is 38.9. The van der Waals surface area contributed by atoms with Gasteiger partial charge in [-0.3, -0.25) is 0 Å². The fourth-order valence-electron chi connectivity index (χ4n) is 19.4. The molecule has 4 aliphatic rings. The molecule has 0 fully saturated rings. The maximum atomic E-state index is 5.59. The van der Waals surface area contributed by atoms with E-state index in [2.05, 4.69) is 397 Å². The van der Waals surface area contributed by atoms with Gasteiger partial charge in [-0.25, -0.2) is 19.9 Å². The first kappa shape index (κ1) is 64.8. The lowest BCUT2D eigenvalue weighted by Gasteiger charge is -2.40. The molecule has 8 heteroatoms. The van der Waals surface area contributed by atoms with Crippen molar-refractivity contribution in [3.8, 4) is 113 Å². The molecule has 1 atom stereocenters. The van der Waals surface area contributed by atoms with Crippen LogP contribution in [0.25, 0.3) is 156 Å². The zero-order chi connectivity index (χ0) is 74.7. The van der Waals surface area contributed by atoms with Crippen LogP contribution in [0.5, 0.6) is 0 Å². The second kappa shape index (κ2) is 25.3. The zero-order valence-corrected chi connectivity index (χ0v) is 63.1. The smallest absolute Gasteiger partial charge is 0.160 e. The Morgan fingerprint density at radius 1 is 0.202 bits per heavy atom. The normalized spacial score (nSPS) is 14.4. The number of benzene rings is 16.